The van der Waals surface area contributed by atoms with Gasteiger partial charge < -0.3 is 36.2 Å². The van der Waals surface area contributed by atoms with E-state index in [2.05, 4.69) is 0 Å². The Morgan fingerprint density at radius 3 is 1.25 bits per heavy atom. The van der Waals surface area contributed by atoms with Crippen LogP contribution < -0.4 is 16.4 Å². The van der Waals surface area contributed by atoms with Crippen LogP contribution in [0, 0.1) is 0 Å². The van der Waals surface area contributed by atoms with Gasteiger partial charge in [0.25, 0.3) is 0 Å². The van der Waals surface area contributed by atoms with E-state index in [1.54, 1.807) is 0 Å². The fourth-order valence-electron chi connectivity index (χ4n) is 0.258. The largest absolute Gasteiger partial charge is 2.00 e. The predicted octanol–water partition coefficient (Wildman–Crippen LogP) is -4.42. The summed E-state index contributed by atoms with van der Waals surface area (Å²) in [6.07, 6.45) is -4.88. The second kappa shape index (κ2) is 7.36. The van der Waals surface area contributed by atoms with Crippen LogP contribution in [0.3, 0.4) is 0 Å². The molecule has 6 N–H and O–H groups in total. The summed E-state index contributed by atoms with van der Waals surface area (Å²) in [6, 6.07) is 0. The summed E-state index contributed by atoms with van der Waals surface area (Å²) in [5, 5.41) is 35.7. The quantitative estimate of drug-likeness (QED) is 0.463. The third-order valence-corrected chi connectivity index (χ3v) is 0.782. The van der Waals surface area contributed by atoms with Gasteiger partial charge in [-0.1, -0.05) is 0 Å². The summed E-state index contributed by atoms with van der Waals surface area (Å²) in [5.41, 5.74) is 0. The topological polar surface area (TPSA) is 157 Å². The molecule has 0 saturated heterocycles. The van der Waals surface area contributed by atoms with E-state index in [9.17, 15) is 19.8 Å². The number of aliphatic hydroxyl groups excluding tert-OH is 2. The number of aliphatic carboxylic acids is 2. The van der Waals surface area contributed by atoms with Crippen LogP contribution in [0.5, 0.6) is 0 Å². The smallest absolute Gasteiger partial charge is 0.547 e. The average Bonchev–Trinajstić information content (AvgIpc) is 1.84. The molecule has 2 atom stereocenters. The molecule has 0 aliphatic carbocycles. The minimum Gasteiger partial charge on any atom is -0.547 e. The molecule has 12 heavy (non-hydrogen) atoms. The molecule has 8 heteroatoms. The summed E-state index contributed by atoms with van der Waals surface area (Å²) in [6.45, 7) is 0. The summed E-state index contributed by atoms with van der Waals surface area (Å²) in [5.74, 6) is -4.12. The number of aliphatic hydroxyl groups is 2. The number of carboxylic acid groups (broad SMARTS) is 2. The molecule has 0 radical (unpaired) electrons. The van der Waals surface area contributed by atoms with Crippen LogP contribution in [0.25, 0.3) is 0 Å². The molecule has 0 fully saturated rings. The van der Waals surface area contributed by atoms with Crippen molar-refractivity contribution in [2.45, 2.75) is 12.2 Å². The van der Waals surface area contributed by atoms with Crippen molar-refractivity contribution in [1.29, 1.82) is 0 Å². The summed E-state index contributed by atoms with van der Waals surface area (Å²) in [7, 11) is 0. The number of hydrogen-bond donors (Lipinski definition) is 3. The van der Waals surface area contributed by atoms with Crippen molar-refractivity contribution in [3.63, 3.8) is 0 Å². The van der Waals surface area contributed by atoms with Crippen molar-refractivity contribution in [3.8, 4) is 0 Å². The molecular formula is C4H8NO6Zr+. The van der Waals surface area contributed by atoms with E-state index in [1.807, 2.05) is 0 Å². The Kier molecular flexibility index (Phi) is 10.9. The van der Waals surface area contributed by atoms with Gasteiger partial charge in [-0.25, -0.2) is 0 Å². The molecule has 0 spiro atoms. The third-order valence-electron chi connectivity index (χ3n) is 0.782. The maximum absolute atomic E-state index is 9.63. The molecule has 0 aromatic carbocycles. The van der Waals surface area contributed by atoms with Gasteiger partial charge in [0, 0.05) is 0 Å². The van der Waals surface area contributed by atoms with E-state index in [4.69, 9.17) is 10.2 Å². The molecule has 0 bridgehead atoms. The number of hydrogen-bond acceptors (Lipinski definition) is 6. The molecule has 0 aromatic heterocycles. The predicted molar refractivity (Wildman–Crippen MR) is 28.0 cm³/mol. The normalized spacial score (nSPS) is 13.2. The number of quaternary nitrogens is 1. The van der Waals surface area contributed by atoms with Crippen LogP contribution in [-0.4, -0.2) is 34.4 Å². The molecular weight excluding hydrogens is 249 g/mol. The molecule has 0 aliphatic heterocycles. The first-order valence-electron chi connectivity index (χ1n) is 2.24. The van der Waals surface area contributed by atoms with Crippen molar-refractivity contribution in [3.05, 3.63) is 0 Å². The van der Waals surface area contributed by atoms with Crippen LogP contribution >= 0.6 is 0 Å². The fourth-order valence-corrected chi connectivity index (χ4v) is 0.258. The Labute approximate surface area is 86.7 Å². The summed E-state index contributed by atoms with van der Waals surface area (Å²) >= 11 is 0. The van der Waals surface area contributed by atoms with E-state index in [1.165, 1.54) is 0 Å². The van der Waals surface area contributed by atoms with E-state index in [0.29, 0.717) is 0 Å². The SMILES string of the molecule is O=C([O-])C(O)C(O)C(=O)[O-].[NH4+].[Zr+2]. The molecule has 0 saturated carbocycles. The standard InChI is InChI=1S/C4H6O6.H3N.Zr/c5-1(3(7)8)2(6)4(9)10;;/h1-2,5-6H,(H,7,8)(H,9,10);1H3;/q;;+2/p-1. The first-order chi connectivity index (χ1) is 4.46. The van der Waals surface area contributed by atoms with Crippen molar-refractivity contribution in [2.75, 3.05) is 0 Å². The molecule has 0 rings (SSSR count). The van der Waals surface area contributed by atoms with Crippen molar-refractivity contribution in [1.82, 2.24) is 6.15 Å². The van der Waals surface area contributed by atoms with Gasteiger partial charge in [0.15, 0.2) is 0 Å². The monoisotopic (exact) mass is 256 g/mol. The van der Waals surface area contributed by atoms with Crippen LogP contribution in [0.2, 0.25) is 0 Å². The minimum absolute atomic E-state index is 0. The number of carbonyl (C=O) groups excluding carboxylic acids is 2. The third kappa shape index (κ3) is 5.37. The Hall–Kier alpha value is -0.297. The van der Waals surface area contributed by atoms with Crippen LogP contribution in [0.15, 0.2) is 0 Å². The van der Waals surface area contributed by atoms with E-state index >= 15 is 0 Å². The molecule has 0 heterocycles. The van der Waals surface area contributed by atoms with Crippen LogP contribution in [-0.2, 0) is 35.8 Å². The molecule has 0 aromatic rings. The molecule has 0 amide bonds. The zero-order valence-electron chi connectivity index (χ0n) is 6.18. The second-order valence-electron chi connectivity index (χ2n) is 1.53. The van der Waals surface area contributed by atoms with Crippen molar-refractivity contribution < 1.29 is 56.2 Å². The summed E-state index contributed by atoms with van der Waals surface area (Å²) in [4.78, 5) is 19.3. The van der Waals surface area contributed by atoms with Gasteiger partial charge in [-0.2, -0.15) is 0 Å². The summed E-state index contributed by atoms with van der Waals surface area (Å²) < 4.78 is 0. The van der Waals surface area contributed by atoms with Gasteiger partial charge in [-0.3, -0.25) is 0 Å². The maximum Gasteiger partial charge on any atom is 2.00 e. The minimum atomic E-state index is -2.44. The number of carbonyl (C=O) groups is 2. The van der Waals surface area contributed by atoms with Gasteiger partial charge in [-0.15, -0.1) is 0 Å². The Morgan fingerprint density at radius 1 is 1.00 bits per heavy atom. The van der Waals surface area contributed by atoms with Crippen LogP contribution in [0.1, 0.15) is 0 Å². The number of carboxylic acids is 2. The van der Waals surface area contributed by atoms with Gasteiger partial charge in [0.2, 0.25) is 0 Å². The average molecular weight is 257 g/mol. The Morgan fingerprint density at radius 2 is 1.17 bits per heavy atom. The van der Waals surface area contributed by atoms with Gasteiger partial charge in [0.1, 0.15) is 12.2 Å². The van der Waals surface area contributed by atoms with E-state index < -0.39 is 24.1 Å². The van der Waals surface area contributed by atoms with E-state index in [-0.39, 0.29) is 32.4 Å². The first kappa shape index (κ1) is 17.7. The zero-order valence-corrected chi connectivity index (χ0v) is 8.64. The molecule has 2 unspecified atom stereocenters. The van der Waals surface area contributed by atoms with Gasteiger partial charge >= 0.3 is 26.2 Å². The van der Waals surface area contributed by atoms with Gasteiger partial charge in [0.05, 0.1) is 11.9 Å². The first-order valence-corrected chi connectivity index (χ1v) is 2.24. The molecule has 7 nitrogen and oxygen atoms in total. The molecule has 0 aliphatic rings. The fraction of sp³-hybridized carbons (Fsp3) is 0.500. The second-order valence-corrected chi connectivity index (χ2v) is 1.53. The van der Waals surface area contributed by atoms with Crippen molar-refractivity contribution >= 4 is 11.9 Å². The molecule has 68 valence electrons. The Balaban J connectivity index is -0.000000405. The van der Waals surface area contributed by atoms with Gasteiger partial charge in [-0.05, 0) is 0 Å². The number of rotatable bonds is 3. The maximum atomic E-state index is 9.63. The Bertz CT molecular complexity index is 144. The van der Waals surface area contributed by atoms with E-state index in [0.717, 1.165) is 0 Å². The zero-order chi connectivity index (χ0) is 8.31. The van der Waals surface area contributed by atoms with Crippen molar-refractivity contribution in [2.24, 2.45) is 0 Å². The van der Waals surface area contributed by atoms with Crippen LogP contribution in [0.4, 0.5) is 0 Å².